The number of rotatable bonds is 8. The molecule has 0 aromatic carbocycles. The zero-order valence-corrected chi connectivity index (χ0v) is 8.81. The molecule has 0 saturated heterocycles. The molecule has 0 saturated carbocycles. The quantitative estimate of drug-likeness (QED) is 0.345. The second kappa shape index (κ2) is 8.20. The van der Waals surface area contributed by atoms with E-state index in [0.29, 0.717) is 0 Å². The lowest BCUT2D eigenvalue weighted by Crippen LogP contribution is -2.40. The summed E-state index contributed by atoms with van der Waals surface area (Å²) < 4.78 is 0. The third-order valence-electron chi connectivity index (χ3n) is 2.29. The minimum atomic E-state index is -0.137. The molecule has 0 aromatic rings. The molecule has 0 aliphatic heterocycles. The van der Waals surface area contributed by atoms with E-state index >= 15 is 0 Å². The third kappa shape index (κ3) is 6.72. The topological polar surface area (TPSA) is 55.1 Å². The van der Waals surface area contributed by atoms with Crippen LogP contribution < -0.4 is 11.3 Å². The normalized spacial score (nSPS) is 12.8. The first-order valence-corrected chi connectivity index (χ1v) is 5.19. The van der Waals surface area contributed by atoms with Gasteiger partial charge in [0.2, 0.25) is 0 Å². The maximum absolute atomic E-state index is 11.0. The number of ketones is 1. The van der Waals surface area contributed by atoms with Crippen molar-refractivity contribution < 1.29 is 4.79 Å². The van der Waals surface area contributed by atoms with E-state index in [1.54, 1.807) is 6.92 Å². The lowest BCUT2D eigenvalue weighted by molar-refractivity contribution is -0.119. The molecule has 0 radical (unpaired) electrons. The van der Waals surface area contributed by atoms with E-state index in [1.807, 2.05) is 0 Å². The van der Waals surface area contributed by atoms with Crippen molar-refractivity contribution in [1.82, 2.24) is 5.43 Å². The van der Waals surface area contributed by atoms with Gasteiger partial charge in [-0.05, 0) is 13.3 Å². The molecule has 3 heteroatoms. The Morgan fingerprint density at radius 1 is 1.31 bits per heavy atom. The van der Waals surface area contributed by atoms with Crippen LogP contribution in [0, 0.1) is 0 Å². The number of carbonyl (C=O) groups excluding carboxylic acids is 1. The number of hydrazine groups is 1. The highest BCUT2D eigenvalue weighted by Crippen LogP contribution is 2.07. The zero-order chi connectivity index (χ0) is 10.1. The number of carbonyl (C=O) groups is 1. The van der Waals surface area contributed by atoms with Crippen LogP contribution in [0.15, 0.2) is 0 Å². The Bertz CT molecular complexity index is 137. The predicted octanol–water partition coefficient (Wildman–Crippen LogP) is 1.77. The number of hydrogen-bond acceptors (Lipinski definition) is 3. The Kier molecular flexibility index (Phi) is 7.94. The zero-order valence-electron chi connectivity index (χ0n) is 8.81. The summed E-state index contributed by atoms with van der Waals surface area (Å²) >= 11 is 0. The SMILES string of the molecule is CCCCCCCC(NN)C(C)=O. The first-order valence-electron chi connectivity index (χ1n) is 5.19. The van der Waals surface area contributed by atoms with Gasteiger partial charge in [0.15, 0.2) is 0 Å². The number of Topliss-reactive ketones (excluding diaryl/α,β-unsaturated/α-hetero) is 1. The average Bonchev–Trinajstić information content (AvgIpc) is 2.10. The Morgan fingerprint density at radius 2 is 1.92 bits per heavy atom. The lowest BCUT2D eigenvalue weighted by Gasteiger charge is -2.11. The van der Waals surface area contributed by atoms with Crippen LogP contribution >= 0.6 is 0 Å². The van der Waals surface area contributed by atoms with Gasteiger partial charge in [0.1, 0.15) is 5.78 Å². The van der Waals surface area contributed by atoms with Gasteiger partial charge in [0.25, 0.3) is 0 Å². The summed E-state index contributed by atoms with van der Waals surface area (Å²) in [6, 6.07) is -0.137. The van der Waals surface area contributed by atoms with Crippen LogP contribution in [0.1, 0.15) is 52.4 Å². The molecule has 3 N–H and O–H groups in total. The Morgan fingerprint density at radius 3 is 2.38 bits per heavy atom. The molecule has 78 valence electrons. The average molecular weight is 186 g/mol. The Labute approximate surface area is 81.0 Å². The van der Waals surface area contributed by atoms with E-state index < -0.39 is 0 Å². The van der Waals surface area contributed by atoms with Crippen LogP contribution in [0.25, 0.3) is 0 Å². The first kappa shape index (κ1) is 12.6. The monoisotopic (exact) mass is 186 g/mol. The molecule has 1 atom stereocenters. The van der Waals surface area contributed by atoms with E-state index in [-0.39, 0.29) is 11.8 Å². The second-order valence-corrected chi connectivity index (χ2v) is 3.53. The van der Waals surface area contributed by atoms with E-state index in [9.17, 15) is 4.79 Å². The molecule has 0 bridgehead atoms. The smallest absolute Gasteiger partial charge is 0.148 e. The molecule has 0 fully saturated rings. The van der Waals surface area contributed by atoms with Crippen molar-refractivity contribution in [2.45, 2.75) is 58.4 Å². The fourth-order valence-electron chi connectivity index (χ4n) is 1.36. The van der Waals surface area contributed by atoms with Crippen LogP contribution in [0.5, 0.6) is 0 Å². The summed E-state index contributed by atoms with van der Waals surface area (Å²) in [5.74, 6) is 5.38. The summed E-state index contributed by atoms with van der Waals surface area (Å²) in [6.45, 7) is 3.77. The van der Waals surface area contributed by atoms with Gasteiger partial charge in [0.05, 0.1) is 6.04 Å². The minimum absolute atomic E-state index is 0.137. The second-order valence-electron chi connectivity index (χ2n) is 3.53. The van der Waals surface area contributed by atoms with Crippen molar-refractivity contribution in [1.29, 1.82) is 0 Å². The molecule has 0 amide bonds. The van der Waals surface area contributed by atoms with Gasteiger partial charge in [-0.25, -0.2) is 5.43 Å². The van der Waals surface area contributed by atoms with Crippen molar-refractivity contribution in [2.75, 3.05) is 0 Å². The van der Waals surface area contributed by atoms with Crippen LogP contribution in [-0.2, 0) is 4.79 Å². The largest absolute Gasteiger partial charge is 0.298 e. The molecule has 13 heavy (non-hydrogen) atoms. The molecule has 0 aliphatic carbocycles. The molecular weight excluding hydrogens is 164 g/mol. The summed E-state index contributed by atoms with van der Waals surface area (Å²) in [4.78, 5) is 11.0. The Balaban J connectivity index is 3.33. The van der Waals surface area contributed by atoms with Gasteiger partial charge >= 0.3 is 0 Å². The maximum atomic E-state index is 11.0. The summed E-state index contributed by atoms with van der Waals surface area (Å²) in [5.41, 5.74) is 2.54. The fourth-order valence-corrected chi connectivity index (χ4v) is 1.36. The summed E-state index contributed by atoms with van der Waals surface area (Å²) in [5, 5.41) is 0. The van der Waals surface area contributed by atoms with E-state index in [4.69, 9.17) is 5.84 Å². The van der Waals surface area contributed by atoms with Gasteiger partial charge in [-0.1, -0.05) is 39.0 Å². The molecule has 0 heterocycles. The molecule has 0 rings (SSSR count). The van der Waals surface area contributed by atoms with Gasteiger partial charge in [-0.15, -0.1) is 0 Å². The molecule has 0 aliphatic rings. The predicted molar refractivity (Wildman–Crippen MR) is 55.2 cm³/mol. The third-order valence-corrected chi connectivity index (χ3v) is 2.29. The van der Waals surface area contributed by atoms with E-state index in [1.165, 1.54) is 25.7 Å². The maximum Gasteiger partial charge on any atom is 0.148 e. The van der Waals surface area contributed by atoms with Crippen LogP contribution in [-0.4, -0.2) is 11.8 Å². The molecule has 0 spiro atoms. The van der Waals surface area contributed by atoms with Crippen LogP contribution in [0.4, 0.5) is 0 Å². The van der Waals surface area contributed by atoms with Crippen molar-refractivity contribution in [3.8, 4) is 0 Å². The summed E-state index contributed by atoms with van der Waals surface area (Å²) in [6.07, 6.45) is 6.99. The van der Waals surface area contributed by atoms with Crippen molar-refractivity contribution in [3.63, 3.8) is 0 Å². The molecule has 1 unspecified atom stereocenters. The van der Waals surface area contributed by atoms with E-state index in [0.717, 1.165) is 12.8 Å². The number of nitrogens with two attached hydrogens (primary N) is 1. The van der Waals surface area contributed by atoms with Crippen molar-refractivity contribution in [2.24, 2.45) is 5.84 Å². The molecular formula is C10H22N2O. The lowest BCUT2D eigenvalue weighted by atomic mass is 10.0. The summed E-state index contributed by atoms with van der Waals surface area (Å²) in [7, 11) is 0. The number of unbranched alkanes of at least 4 members (excludes halogenated alkanes) is 4. The standard InChI is InChI=1S/C10H22N2O/c1-3-4-5-6-7-8-10(12-11)9(2)13/h10,12H,3-8,11H2,1-2H3. The molecule has 0 aromatic heterocycles. The van der Waals surface area contributed by atoms with Gasteiger partial charge in [-0.3, -0.25) is 10.6 Å². The Hall–Kier alpha value is -0.410. The van der Waals surface area contributed by atoms with Crippen molar-refractivity contribution >= 4 is 5.78 Å². The van der Waals surface area contributed by atoms with Gasteiger partial charge in [0, 0.05) is 0 Å². The van der Waals surface area contributed by atoms with Gasteiger partial charge in [-0.2, -0.15) is 0 Å². The molecule has 3 nitrogen and oxygen atoms in total. The van der Waals surface area contributed by atoms with Crippen molar-refractivity contribution in [3.05, 3.63) is 0 Å². The van der Waals surface area contributed by atoms with Crippen LogP contribution in [0.3, 0.4) is 0 Å². The minimum Gasteiger partial charge on any atom is -0.298 e. The highest BCUT2D eigenvalue weighted by Gasteiger charge is 2.10. The highest BCUT2D eigenvalue weighted by molar-refractivity contribution is 5.81. The first-order chi connectivity index (χ1) is 6.22. The number of nitrogens with one attached hydrogen (secondary N) is 1. The number of hydrogen-bond donors (Lipinski definition) is 2. The van der Waals surface area contributed by atoms with Gasteiger partial charge < -0.3 is 0 Å². The van der Waals surface area contributed by atoms with Crippen LogP contribution in [0.2, 0.25) is 0 Å². The van der Waals surface area contributed by atoms with E-state index in [2.05, 4.69) is 12.3 Å². The fraction of sp³-hybridized carbons (Fsp3) is 0.900. The highest BCUT2D eigenvalue weighted by atomic mass is 16.1.